The molecule has 0 saturated carbocycles. The minimum absolute atomic E-state index is 0.370. The maximum atomic E-state index is 5.83. The smallest absolute Gasteiger partial charge is 0.0358 e. The number of hydrogen-bond donors (Lipinski definition) is 2. The minimum atomic E-state index is 0.370. The molecule has 0 spiro atoms. The summed E-state index contributed by atoms with van der Waals surface area (Å²) in [6.07, 6.45) is 1.11. The molecule has 2 nitrogen and oxygen atoms in total. The summed E-state index contributed by atoms with van der Waals surface area (Å²) < 4.78 is 0. The molecule has 0 aliphatic heterocycles. The lowest BCUT2D eigenvalue weighted by molar-refractivity contribution is 0.378. The van der Waals surface area contributed by atoms with E-state index in [2.05, 4.69) is 44.3 Å². The van der Waals surface area contributed by atoms with E-state index in [0.29, 0.717) is 12.0 Å². The predicted molar refractivity (Wildman–Crippen MR) is 70.6 cm³/mol. The van der Waals surface area contributed by atoms with Gasteiger partial charge in [-0.2, -0.15) is 0 Å². The Hall–Kier alpha value is -0.860. The molecular weight excluding hydrogens is 196 g/mol. The fraction of sp³-hybridized carbons (Fsp3) is 0.571. The Balaban J connectivity index is 2.98. The van der Waals surface area contributed by atoms with Gasteiger partial charge in [0, 0.05) is 6.04 Å². The molecule has 1 aromatic carbocycles. The van der Waals surface area contributed by atoms with E-state index in [9.17, 15) is 0 Å². The first-order chi connectivity index (χ1) is 7.63. The second-order valence-corrected chi connectivity index (χ2v) is 4.51. The predicted octanol–water partition coefficient (Wildman–Crippen LogP) is 2.55. The normalized spacial score (nSPS) is 14.8. The van der Waals surface area contributed by atoms with Gasteiger partial charge in [-0.15, -0.1) is 0 Å². The summed E-state index contributed by atoms with van der Waals surface area (Å²) >= 11 is 0. The second kappa shape index (κ2) is 6.02. The molecule has 0 bridgehead atoms. The lowest BCUT2D eigenvalue weighted by atomic mass is 9.89. The van der Waals surface area contributed by atoms with Crippen molar-refractivity contribution in [2.45, 2.75) is 33.2 Å². The lowest BCUT2D eigenvalue weighted by Crippen LogP contribution is -2.30. The maximum absolute atomic E-state index is 5.83. The Morgan fingerprint density at radius 1 is 1.25 bits per heavy atom. The van der Waals surface area contributed by atoms with Crippen LogP contribution in [-0.4, -0.2) is 13.6 Å². The van der Waals surface area contributed by atoms with Crippen LogP contribution in [0, 0.1) is 19.8 Å². The number of aryl methyl sites for hydroxylation is 2. The Morgan fingerprint density at radius 2 is 1.94 bits per heavy atom. The number of hydrogen-bond acceptors (Lipinski definition) is 2. The van der Waals surface area contributed by atoms with E-state index in [1.165, 1.54) is 16.7 Å². The fourth-order valence-electron chi connectivity index (χ4n) is 2.17. The van der Waals surface area contributed by atoms with Crippen molar-refractivity contribution in [2.75, 3.05) is 13.6 Å². The van der Waals surface area contributed by atoms with Gasteiger partial charge in [0.05, 0.1) is 0 Å². The monoisotopic (exact) mass is 220 g/mol. The zero-order valence-electron chi connectivity index (χ0n) is 10.9. The van der Waals surface area contributed by atoms with Crippen molar-refractivity contribution in [2.24, 2.45) is 11.7 Å². The number of rotatable bonds is 5. The van der Waals surface area contributed by atoms with Gasteiger partial charge >= 0.3 is 0 Å². The van der Waals surface area contributed by atoms with Crippen molar-refractivity contribution in [1.29, 1.82) is 0 Å². The molecule has 1 aromatic rings. The maximum Gasteiger partial charge on any atom is 0.0358 e. The van der Waals surface area contributed by atoms with E-state index in [-0.39, 0.29) is 0 Å². The lowest BCUT2D eigenvalue weighted by Gasteiger charge is -2.25. The summed E-state index contributed by atoms with van der Waals surface area (Å²) in [7, 11) is 2.01. The van der Waals surface area contributed by atoms with Crippen LogP contribution in [0.4, 0.5) is 0 Å². The topological polar surface area (TPSA) is 38.0 Å². The van der Waals surface area contributed by atoms with E-state index in [0.717, 1.165) is 13.0 Å². The average molecular weight is 220 g/mol. The average Bonchev–Trinajstić information content (AvgIpc) is 2.29. The van der Waals surface area contributed by atoms with E-state index in [4.69, 9.17) is 5.73 Å². The molecule has 0 heterocycles. The van der Waals surface area contributed by atoms with Crippen LogP contribution >= 0.6 is 0 Å². The van der Waals surface area contributed by atoms with E-state index >= 15 is 0 Å². The van der Waals surface area contributed by atoms with Crippen molar-refractivity contribution >= 4 is 0 Å². The Kier molecular flexibility index (Phi) is 4.97. The molecule has 0 aliphatic rings. The third-order valence-corrected chi connectivity index (χ3v) is 3.50. The summed E-state index contributed by atoms with van der Waals surface area (Å²) in [6, 6.07) is 7.05. The molecule has 2 heteroatoms. The second-order valence-electron chi connectivity index (χ2n) is 4.51. The van der Waals surface area contributed by atoms with Crippen molar-refractivity contribution in [1.82, 2.24) is 5.32 Å². The molecule has 0 amide bonds. The van der Waals surface area contributed by atoms with Gasteiger partial charge in [0.15, 0.2) is 0 Å². The van der Waals surface area contributed by atoms with Crippen LogP contribution < -0.4 is 11.1 Å². The Morgan fingerprint density at radius 3 is 2.38 bits per heavy atom. The minimum Gasteiger partial charge on any atom is -0.330 e. The standard InChI is InChI=1S/C14H24N2/c1-5-12(9-15)14(16-4)13-7-6-10(2)11(3)8-13/h6-8,12,14,16H,5,9,15H2,1-4H3. The third kappa shape index (κ3) is 2.83. The molecule has 2 unspecified atom stereocenters. The highest BCUT2D eigenvalue weighted by Crippen LogP contribution is 2.25. The summed E-state index contributed by atoms with van der Waals surface area (Å²) in [6.45, 7) is 7.24. The molecule has 0 fully saturated rings. The summed E-state index contributed by atoms with van der Waals surface area (Å²) in [5.74, 6) is 0.507. The molecule has 90 valence electrons. The highest BCUT2D eigenvalue weighted by atomic mass is 14.9. The van der Waals surface area contributed by atoms with Gasteiger partial charge in [-0.3, -0.25) is 0 Å². The van der Waals surface area contributed by atoms with Crippen LogP contribution in [0.25, 0.3) is 0 Å². The van der Waals surface area contributed by atoms with Gasteiger partial charge in [-0.1, -0.05) is 31.5 Å². The van der Waals surface area contributed by atoms with Gasteiger partial charge in [0.25, 0.3) is 0 Å². The first kappa shape index (κ1) is 13.2. The van der Waals surface area contributed by atoms with Gasteiger partial charge in [0.1, 0.15) is 0 Å². The molecule has 0 saturated heterocycles. The van der Waals surface area contributed by atoms with Gasteiger partial charge in [-0.05, 0) is 50.0 Å². The first-order valence-electron chi connectivity index (χ1n) is 6.08. The molecule has 3 N–H and O–H groups in total. The largest absolute Gasteiger partial charge is 0.330 e. The van der Waals surface area contributed by atoms with E-state index < -0.39 is 0 Å². The van der Waals surface area contributed by atoms with Crippen LogP contribution in [0.3, 0.4) is 0 Å². The van der Waals surface area contributed by atoms with Crippen molar-refractivity contribution in [3.05, 3.63) is 34.9 Å². The molecule has 0 aromatic heterocycles. The van der Waals surface area contributed by atoms with Crippen LogP contribution in [-0.2, 0) is 0 Å². The highest BCUT2D eigenvalue weighted by Gasteiger charge is 2.18. The van der Waals surface area contributed by atoms with Crippen molar-refractivity contribution in [3.8, 4) is 0 Å². The fourth-order valence-corrected chi connectivity index (χ4v) is 2.17. The van der Waals surface area contributed by atoms with E-state index in [1.807, 2.05) is 7.05 Å². The molecule has 0 radical (unpaired) electrons. The molecular formula is C14H24N2. The SMILES string of the molecule is CCC(CN)C(NC)c1ccc(C)c(C)c1. The zero-order chi connectivity index (χ0) is 12.1. The van der Waals surface area contributed by atoms with Crippen LogP contribution in [0.5, 0.6) is 0 Å². The summed E-state index contributed by atoms with van der Waals surface area (Å²) in [4.78, 5) is 0. The first-order valence-corrected chi connectivity index (χ1v) is 6.08. The number of benzene rings is 1. The van der Waals surface area contributed by atoms with Crippen LogP contribution in [0.15, 0.2) is 18.2 Å². The molecule has 1 rings (SSSR count). The van der Waals surface area contributed by atoms with Crippen LogP contribution in [0.1, 0.15) is 36.1 Å². The van der Waals surface area contributed by atoms with Gasteiger partial charge in [0.2, 0.25) is 0 Å². The van der Waals surface area contributed by atoms with Gasteiger partial charge in [-0.25, -0.2) is 0 Å². The third-order valence-electron chi connectivity index (χ3n) is 3.50. The number of nitrogens with two attached hydrogens (primary N) is 1. The Labute approximate surface area is 99.2 Å². The van der Waals surface area contributed by atoms with Crippen molar-refractivity contribution < 1.29 is 0 Å². The molecule has 16 heavy (non-hydrogen) atoms. The number of nitrogens with one attached hydrogen (secondary N) is 1. The summed E-state index contributed by atoms with van der Waals surface area (Å²) in [5.41, 5.74) is 9.87. The zero-order valence-corrected chi connectivity index (χ0v) is 10.9. The van der Waals surface area contributed by atoms with Crippen LogP contribution in [0.2, 0.25) is 0 Å². The quantitative estimate of drug-likeness (QED) is 0.800. The molecule has 0 aliphatic carbocycles. The van der Waals surface area contributed by atoms with Crippen molar-refractivity contribution in [3.63, 3.8) is 0 Å². The Bertz CT molecular complexity index is 330. The van der Waals surface area contributed by atoms with E-state index in [1.54, 1.807) is 0 Å². The molecule has 2 atom stereocenters. The summed E-state index contributed by atoms with van der Waals surface area (Å²) in [5, 5.41) is 3.39. The van der Waals surface area contributed by atoms with Gasteiger partial charge < -0.3 is 11.1 Å². The highest BCUT2D eigenvalue weighted by molar-refractivity contribution is 5.32.